The van der Waals surface area contributed by atoms with E-state index in [4.69, 9.17) is 4.74 Å². The van der Waals surface area contributed by atoms with Crippen molar-refractivity contribution in [2.24, 2.45) is 7.05 Å². The van der Waals surface area contributed by atoms with Crippen LogP contribution in [0.15, 0.2) is 41.6 Å². The van der Waals surface area contributed by atoms with Crippen LogP contribution in [0, 0.1) is 5.82 Å². The zero-order valence-electron chi connectivity index (χ0n) is 11.5. The SMILES string of the molecule is Cn1nnn(-c2cccc(F)c2COc2ccncn2)c1=O. The van der Waals surface area contributed by atoms with Crippen molar-refractivity contribution in [1.29, 1.82) is 0 Å². The highest BCUT2D eigenvalue weighted by atomic mass is 19.1. The monoisotopic (exact) mass is 302 g/mol. The van der Waals surface area contributed by atoms with Gasteiger partial charge in [0.2, 0.25) is 5.88 Å². The molecular formula is C13H11FN6O2. The fourth-order valence-corrected chi connectivity index (χ4v) is 1.86. The maximum absolute atomic E-state index is 14.1. The lowest BCUT2D eigenvalue weighted by Crippen LogP contribution is -2.23. The summed E-state index contributed by atoms with van der Waals surface area (Å²) in [6.45, 7) is -0.109. The van der Waals surface area contributed by atoms with Crippen LogP contribution >= 0.6 is 0 Å². The Bertz CT molecular complexity index is 845. The van der Waals surface area contributed by atoms with Crippen molar-refractivity contribution in [1.82, 2.24) is 29.8 Å². The molecule has 0 aliphatic heterocycles. The minimum absolute atomic E-state index is 0.109. The molecule has 3 aromatic rings. The first-order valence-corrected chi connectivity index (χ1v) is 6.32. The summed E-state index contributed by atoms with van der Waals surface area (Å²) in [7, 11) is 1.46. The van der Waals surface area contributed by atoms with Crippen molar-refractivity contribution >= 4 is 0 Å². The van der Waals surface area contributed by atoms with Crippen LogP contribution in [0.5, 0.6) is 5.88 Å². The Labute approximate surface area is 123 Å². The summed E-state index contributed by atoms with van der Waals surface area (Å²) in [5, 5.41) is 7.33. The third-order valence-corrected chi connectivity index (χ3v) is 2.96. The topological polar surface area (TPSA) is 87.7 Å². The summed E-state index contributed by atoms with van der Waals surface area (Å²) in [4.78, 5) is 19.6. The molecule has 0 N–H and O–H groups in total. The third kappa shape index (κ3) is 2.55. The van der Waals surface area contributed by atoms with Crippen molar-refractivity contribution in [3.8, 4) is 11.6 Å². The fraction of sp³-hybridized carbons (Fsp3) is 0.154. The molecule has 0 aliphatic rings. The number of hydrogen-bond acceptors (Lipinski definition) is 6. The van der Waals surface area contributed by atoms with Gasteiger partial charge in [0.05, 0.1) is 11.3 Å². The standard InChI is InChI=1S/C13H11FN6O2/c1-19-13(21)20(18-17-19)11-4-2-3-10(14)9(11)7-22-12-5-6-15-8-16-12/h2-6,8H,7H2,1H3. The molecule has 0 amide bonds. The molecule has 9 heteroatoms. The second-order valence-corrected chi connectivity index (χ2v) is 4.37. The molecule has 0 fully saturated rings. The Balaban J connectivity index is 1.97. The molecule has 0 saturated carbocycles. The van der Waals surface area contributed by atoms with Gasteiger partial charge < -0.3 is 4.74 Å². The Kier molecular flexibility index (Phi) is 3.60. The van der Waals surface area contributed by atoms with Gasteiger partial charge in [0.1, 0.15) is 18.8 Å². The second-order valence-electron chi connectivity index (χ2n) is 4.37. The maximum atomic E-state index is 14.1. The number of nitrogens with zero attached hydrogens (tertiary/aromatic N) is 6. The lowest BCUT2D eigenvalue weighted by Gasteiger charge is -2.10. The van der Waals surface area contributed by atoms with E-state index in [-0.39, 0.29) is 17.9 Å². The van der Waals surface area contributed by atoms with Gasteiger partial charge in [-0.05, 0) is 22.6 Å². The predicted molar refractivity (Wildman–Crippen MR) is 72.9 cm³/mol. The summed E-state index contributed by atoms with van der Waals surface area (Å²) < 4.78 is 21.6. The van der Waals surface area contributed by atoms with E-state index in [2.05, 4.69) is 20.4 Å². The van der Waals surface area contributed by atoms with Crippen LogP contribution in [-0.4, -0.2) is 29.8 Å². The number of tetrazole rings is 1. The van der Waals surface area contributed by atoms with E-state index in [1.54, 1.807) is 12.1 Å². The smallest absolute Gasteiger partial charge is 0.368 e. The first-order valence-electron chi connectivity index (χ1n) is 6.32. The Morgan fingerprint density at radius 2 is 2.14 bits per heavy atom. The molecule has 1 aromatic carbocycles. The van der Waals surface area contributed by atoms with Gasteiger partial charge >= 0.3 is 5.69 Å². The van der Waals surface area contributed by atoms with Crippen LogP contribution in [0.2, 0.25) is 0 Å². The normalized spacial score (nSPS) is 10.6. The summed E-state index contributed by atoms with van der Waals surface area (Å²) in [6, 6.07) is 5.89. The summed E-state index contributed by atoms with van der Waals surface area (Å²) in [5.41, 5.74) is -0.0234. The van der Waals surface area contributed by atoms with Crippen molar-refractivity contribution in [3.05, 3.63) is 58.7 Å². The number of halogens is 1. The molecule has 0 aliphatic carbocycles. The molecule has 2 aromatic heterocycles. The quantitative estimate of drug-likeness (QED) is 0.696. The van der Waals surface area contributed by atoms with Gasteiger partial charge in [-0.25, -0.2) is 19.2 Å². The Morgan fingerprint density at radius 3 is 2.82 bits per heavy atom. The number of hydrogen-bond donors (Lipinski definition) is 0. The van der Waals surface area contributed by atoms with E-state index >= 15 is 0 Å². The molecule has 3 rings (SSSR count). The Morgan fingerprint density at radius 1 is 1.27 bits per heavy atom. The van der Waals surface area contributed by atoms with E-state index in [0.717, 1.165) is 9.36 Å². The van der Waals surface area contributed by atoms with Gasteiger partial charge in [-0.1, -0.05) is 6.07 Å². The maximum Gasteiger partial charge on any atom is 0.368 e. The molecule has 112 valence electrons. The van der Waals surface area contributed by atoms with E-state index in [1.165, 1.54) is 31.7 Å². The van der Waals surface area contributed by atoms with Gasteiger partial charge in [-0.3, -0.25) is 0 Å². The lowest BCUT2D eigenvalue weighted by atomic mass is 10.2. The molecule has 0 atom stereocenters. The molecule has 2 heterocycles. The average molecular weight is 302 g/mol. The van der Waals surface area contributed by atoms with Crippen LogP contribution in [-0.2, 0) is 13.7 Å². The van der Waals surface area contributed by atoms with Gasteiger partial charge in [-0.15, -0.1) is 0 Å². The van der Waals surface area contributed by atoms with Crippen LogP contribution in [0.25, 0.3) is 5.69 Å². The van der Waals surface area contributed by atoms with Crippen LogP contribution in [0.1, 0.15) is 5.56 Å². The molecule has 0 saturated heterocycles. The Hall–Kier alpha value is -3.10. The molecule has 8 nitrogen and oxygen atoms in total. The third-order valence-electron chi connectivity index (χ3n) is 2.96. The number of aryl methyl sites for hydroxylation is 1. The van der Waals surface area contributed by atoms with Gasteiger partial charge in [0, 0.05) is 19.3 Å². The van der Waals surface area contributed by atoms with Crippen LogP contribution < -0.4 is 10.4 Å². The van der Waals surface area contributed by atoms with Crippen molar-refractivity contribution < 1.29 is 9.13 Å². The first-order chi connectivity index (χ1) is 10.7. The first kappa shape index (κ1) is 13.9. The average Bonchev–Trinajstić information content (AvgIpc) is 2.86. The lowest BCUT2D eigenvalue weighted by molar-refractivity contribution is 0.286. The highest BCUT2D eigenvalue weighted by Gasteiger charge is 2.15. The zero-order valence-corrected chi connectivity index (χ0v) is 11.5. The van der Waals surface area contributed by atoms with Gasteiger partial charge in [-0.2, -0.15) is 9.36 Å². The molecular weight excluding hydrogens is 291 g/mol. The second kappa shape index (κ2) is 5.72. The van der Waals surface area contributed by atoms with E-state index in [0.29, 0.717) is 5.88 Å². The van der Waals surface area contributed by atoms with Crippen molar-refractivity contribution in [2.45, 2.75) is 6.61 Å². The summed E-state index contributed by atoms with van der Waals surface area (Å²) >= 11 is 0. The van der Waals surface area contributed by atoms with Gasteiger partial charge in [0.15, 0.2) is 0 Å². The van der Waals surface area contributed by atoms with Crippen molar-refractivity contribution in [3.63, 3.8) is 0 Å². The van der Waals surface area contributed by atoms with Crippen LogP contribution in [0.3, 0.4) is 0 Å². The fourth-order valence-electron chi connectivity index (χ4n) is 1.86. The van der Waals surface area contributed by atoms with Gasteiger partial charge in [0.25, 0.3) is 0 Å². The molecule has 0 bridgehead atoms. The van der Waals surface area contributed by atoms with E-state index < -0.39 is 11.5 Å². The predicted octanol–water partition coefficient (Wildman–Crippen LogP) is 0.474. The summed E-state index contributed by atoms with van der Waals surface area (Å²) in [6.07, 6.45) is 2.84. The number of rotatable bonds is 4. The number of aromatic nitrogens is 6. The highest BCUT2D eigenvalue weighted by Crippen LogP contribution is 2.18. The minimum atomic E-state index is -0.510. The van der Waals surface area contributed by atoms with E-state index in [9.17, 15) is 9.18 Å². The zero-order chi connectivity index (χ0) is 15.5. The highest BCUT2D eigenvalue weighted by molar-refractivity contribution is 5.40. The van der Waals surface area contributed by atoms with Crippen LogP contribution in [0.4, 0.5) is 4.39 Å². The number of benzene rings is 1. The molecule has 0 unspecified atom stereocenters. The number of ether oxygens (including phenoxy) is 1. The largest absolute Gasteiger partial charge is 0.473 e. The van der Waals surface area contributed by atoms with E-state index in [1.807, 2.05) is 0 Å². The molecule has 0 radical (unpaired) electrons. The molecule has 22 heavy (non-hydrogen) atoms. The van der Waals surface area contributed by atoms with Crippen molar-refractivity contribution in [2.75, 3.05) is 0 Å². The summed E-state index contributed by atoms with van der Waals surface area (Å²) in [5.74, 6) is -0.209. The minimum Gasteiger partial charge on any atom is -0.473 e. The molecule has 0 spiro atoms.